The summed E-state index contributed by atoms with van der Waals surface area (Å²) in [5.74, 6) is 0.409. The van der Waals surface area contributed by atoms with Crippen molar-refractivity contribution >= 4 is 35.8 Å². The molecule has 0 amide bonds. The molecule has 1 saturated carbocycles. The Morgan fingerprint density at radius 3 is 2.14 bits per heavy atom. The summed E-state index contributed by atoms with van der Waals surface area (Å²) in [5.41, 5.74) is 2.11. The van der Waals surface area contributed by atoms with Crippen LogP contribution in [0, 0.1) is 0 Å². The minimum atomic E-state index is -3.85. The molecule has 28 heavy (non-hydrogen) atoms. The summed E-state index contributed by atoms with van der Waals surface area (Å²) in [6.45, 7) is 4.49. The first-order valence-electron chi connectivity index (χ1n) is 9.10. The molecule has 0 bridgehead atoms. The van der Waals surface area contributed by atoms with Crippen LogP contribution in [0.15, 0.2) is 56.7 Å². The van der Waals surface area contributed by atoms with E-state index in [1.54, 1.807) is 0 Å². The fourth-order valence-electron chi connectivity index (χ4n) is 3.00. The lowest BCUT2D eigenvalue weighted by Gasteiger charge is -2.23. The molecule has 3 rings (SSSR count). The first-order valence-corrected chi connectivity index (χ1v) is 13.2. The highest BCUT2D eigenvalue weighted by molar-refractivity contribution is 9.10. The van der Waals surface area contributed by atoms with Crippen LogP contribution < -0.4 is 0 Å². The zero-order valence-corrected chi connectivity index (χ0v) is 19.3. The van der Waals surface area contributed by atoms with Crippen LogP contribution in [0.4, 0.5) is 0 Å². The monoisotopic (exact) mass is 485 g/mol. The Morgan fingerprint density at radius 1 is 1.04 bits per heavy atom. The molecule has 0 N–H and O–H groups in total. The van der Waals surface area contributed by atoms with Gasteiger partial charge in [-0.2, -0.15) is 4.31 Å². The normalized spacial score (nSPS) is 15.4. The van der Waals surface area contributed by atoms with E-state index in [4.69, 9.17) is 0 Å². The SMILES string of the molecule is CC(C)c1ccc(CN(C2CC2)S(=O)(=O)c2cc(S(C)(=O)=O)ccc2Br)cc1. The van der Waals surface area contributed by atoms with Gasteiger partial charge in [0.05, 0.1) is 9.79 Å². The number of benzene rings is 2. The maximum absolute atomic E-state index is 13.4. The summed E-state index contributed by atoms with van der Waals surface area (Å²) in [5, 5.41) is 0. The second-order valence-corrected chi connectivity index (χ2v) is 12.3. The highest BCUT2D eigenvalue weighted by atomic mass is 79.9. The van der Waals surface area contributed by atoms with Crippen molar-refractivity contribution < 1.29 is 16.8 Å². The van der Waals surface area contributed by atoms with Crippen molar-refractivity contribution in [2.75, 3.05) is 6.26 Å². The van der Waals surface area contributed by atoms with E-state index >= 15 is 0 Å². The molecule has 0 spiro atoms. The van der Waals surface area contributed by atoms with Crippen molar-refractivity contribution in [3.63, 3.8) is 0 Å². The molecule has 1 aliphatic carbocycles. The van der Waals surface area contributed by atoms with Gasteiger partial charge in [-0.15, -0.1) is 0 Å². The molecule has 1 fully saturated rings. The van der Waals surface area contributed by atoms with Gasteiger partial charge in [-0.3, -0.25) is 0 Å². The topological polar surface area (TPSA) is 71.5 Å². The molecule has 0 radical (unpaired) electrons. The first-order chi connectivity index (χ1) is 13.0. The van der Waals surface area contributed by atoms with Gasteiger partial charge in [-0.1, -0.05) is 38.1 Å². The Bertz CT molecular complexity index is 1070. The average Bonchev–Trinajstić information content (AvgIpc) is 3.44. The Hall–Kier alpha value is -1.22. The molecule has 0 saturated heterocycles. The van der Waals surface area contributed by atoms with E-state index in [-0.39, 0.29) is 22.4 Å². The average molecular weight is 486 g/mol. The van der Waals surface area contributed by atoms with Crippen LogP contribution in [-0.4, -0.2) is 33.4 Å². The van der Waals surface area contributed by atoms with Crippen LogP contribution >= 0.6 is 15.9 Å². The quantitative estimate of drug-likeness (QED) is 0.584. The molecule has 152 valence electrons. The molecule has 0 aromatic heterocycles. The van der Waals surface area contributed by atoms with Crippen LogP contribution in [0.5, 0.6) is 0 Å². The van der Waals surface area contributed by atoms with Crippen molar-refractivity contribution in [3.8, 4) is 0 Å². The number of halogens is 1. The molecule has 2 aromatic carbocycles. The lowest BCUT2D eigenvalue weighted by Crippen LogP contribution is -2.33. The fourth-order valence-corrected chi connectivity index (χ4v) is 6.35. The van der Waals surface area contributed by atoms with Crippen molar-refractivity contribution in [2.24, 2.45) is 0 Å². The highest BCUT2D eigenvalue weighted by Crippen LogP contribution is 2.36. The Morgan fingerprint density at radius 2 is 1.64 bits per heavy atom. The van der Waals surface area contributed by atoms with Crippen LogP contribution in [0.25, 0.3) is 0 Å². The van der Waals surface area contributed by atoms with E-state index in [0.29, 0.717) is 10.4 Å². The fraction of sp³-hybridized carbons (Fsp3) is 0.400. The molecule has 0 unspecified atom stereocenters. The molecule has 0 heterocycles. The third-order valence-electron chi connectivity index (χ3n) is 4.86. The van der Waals surface area contributed by atoms with Gasteiger partial charge in [0, 0.05) is 23.3 Å². The summed E-state index contributed by atoms with van der Waals surface area (Å²) in [7, 11) is -7.36. The summed E-state index contributed by atoms with van der Waals surface area (Å²) < 4.78 is 52.4. The van der Waals surface area contributed by atoms with Gasteiger partial charge in [-0.05, 0) is 64.0 Å². The van der Waals surface area contributed by atoms with E-state index in [9.17, 15) is 16.8 Å². The molecule has 1 aliphatic rings. The van der Waals surface area contributed by atoms with Crippen molar-refractivity contribution in [1.29, 1.82) is 0 Å². The van der Waals surface area contributed by atoms with Crippen LogP contribution in [0.1, 0.15) is 43.7 Å². The lowest BCUT2D eigenvalue weighted by molar-refractivity contribution is 0.398. The first kappa shape index (κ1) is 21.5. The predicted molar refractivity (Wildman–Crippen MR) is 114 cm³/mol. The van der Waals surface area contributed by atoms with Crippen LogP contribution in [0.2, 0.25) is 0 Å². The van der Waals surface area contributed by atoms with Crippen molar-refractivity contribution in [2.45, 2.75) is 55.0 Å². The molecule has 5 nitrogen and oxygen atoms in total. The number of sulfone groups is 1. The lowest BCUT2D eigenvalue weighted by atomic mass is 10.0. The van der Waals surface area contributed by atoms with E-state index in [1.165, 1.54) is 28.1 Å². The van der Waals surface area contributed by atoms with E-state index < -0.39 is 19.9 Å². The number of rotatable bonds is 7. The van der Waals surface area contributed by atoms with Gasteiger partial charge in [0.2, 0.25) is 10.0 Å². The minimum Gasteiger partial charge on any atom is -0.224 e. The highest BCUT2D eigenvalue weighted by Gasteiger charge is 2.39. The van der Waals surface area contributed by atoms with Crippen molar-refractivity contribution in [3.05, 3.63) is 58.1 Å². The molecular weight excluding hydrogens is 462 g/mol. The largest absolute Gasteiger partial charge is 0.244 e. The third kappa shape index (κ3) is 4.67. The summed E-state index contributed by atoms with van der Waals surface area (Å²) in [6.07, 6.45) is 2.70. The van der Waals surface area contributed by atoms with Crippen LogP contribution in [0.3, 0.4) is 0 Å². The third-order valence-corrected chi connectivity index (χ3v) is 8.86. The number of hydrogen-bond donors (Lipinski definition) is 0. The summed E-state index contributed by atoms with van der Waals surface area (Å²) >= 11 is 3.28. The maximum Gasteiger partial charge on any atom is 0.244 e. The van der Waals surface area contributed by atoms with E-state index in [2.05, 4.69) is 29.8 Å². The molecule has 0 aliphatic heterocycles. The number of sulfonamides is 1. The second-order valence-electron chi connectivity index (χ2n) is 7.54. The van der Waals surface area contributed by atoms with Crippen LogP contribution in [-0.2, 0) is 26.4 Å². The maximum atomic E-state index is 13.4. The van der Waals surface area contributed by atoms with Gasteiger partial charge in [-0.25, -0.2) is 16.8 Å². The molecule has 0 atom stereocenters. The van der Waals surface area contributed by atoms with E-state index in [0.717, 1.165) is 24.7 Å². The predicted octanol–water partition coefficient (Wildman–Crippen LogP) is 4.33. The molecule has 8 heteroatoms. The van der Waals surface area contributed by atoms with Gasteiger partial charge in [0.1, 0.15) is 0 Å². The Balaban J connectivity index is 1.98. The van der Waals surface area contributed by atoms with Gasteiger partial charge in [0.25, 0.3) is 0 Å². The Labute approximate surface area is 175 Å². The summed E-state index contributed by atoms with van der Waals surface area (Å²) in [6, 6.07) is 12.0. The molecule has 2 aromatic rings. The number of nitrogens with zero attached hydrogens (tertiary/aromatic N) is 1. The van der Waals surface area contributed by atoms with E-state index in [1.807, 2.05) is 24.3 Å². The second kappa shape index (κ2) is 7.89. The number of hydrogen-bond acceptors (Lipinski definition) is 4. The smallest absolute Gasteiger partial charge is 0.224 e. The van der Waals surface area contributed by atoms with Gasteiger partial charge in [0.15, 0.2) is 9.84 Å². The minimum absolute atomic E-state index is 0.00805. The summed E-state index contributed by atoms with van der Waals surface area (Å²) in [4.78, 5) is -0.0209. The molecular formula is C20H24BrNO4S2. The van der Waals surface area contributed by atoms with Gasteiger partial charge >= 0.3 is 0 Å². The Kier molecular flexibility index (Phi) is 6.06. The van der Waals surface area contributed by atoms with Crippen molar-refractivity contribution in [1.82, 2.24) is 4.31 Å². The zero-order chi connectivity index (χ0) is 20.7. The van der Waals surface area contributed by atoms with Gasteiger partial charge < -0.3 is 0 Å². The zero-order valence-electron chi connectivity index (χ0n) is 16.1. The standard InChI is InChI=1S/C20H24BrNO4S2/c1-14(2)16-6-4-15(5-7-16)13-22(17-8-9-17)28(25,26)20-12-18(27(3,23)24)10-11-19(20)21/h4-7,10-12,14,17H,8-9,13H2,1-3H3.